The highest BCUT2D eigenvalue weighted by Gasteiger charge is 2.31. The van der Waals surface area contributed by atoms with Crippen molar-refractivity contribution in [1.29, 1.82) is 0 Å². The van der Waals surface area contributed by atoms with Gasteiger partial charge in [0.05, 0.1) is 6.04 Å². The molecular formula is C29H28F2N2O5. The van der Waals surface area contributed by atoms with Gasteiger partial charge in [0.1, 0.15) is 25.1 Å². The van der Waals surface area contributed by atoms with E-state index >= 15 is 0 Å². The lowest BCUT2D eigenvalue weighted by molar-refractivity contribution is -0.118. The average molecular weight is 523 g/mol. The van der Waals surface area contributed by atoms with Gasteiger partial charge in [0.25, 0.3) is 5.91 Å². The van der Waals surface area contributed by atoms with Crippen LogP contribution in [0.2, 0.25) is 0 Å². The number of hydrogen-bond acceptors (Lipinski definition) is 6. The molecule has 3 aromatic carbocycles. The molecule has 0 spiro atoms. The number of carbonyl (C=O) groups is 2. The van der Waals surface area contributed by atoms with Crippen molar-refractivity contribution < 1.29 is 33.0 Å². The highest BCUT2D eigenvalue weighted by molar-refractivity contribution is 6.42. The Morgan fingerprint density at radius 2 is 1.55 bits per heavy atom. The lowest BCUT2D eigenvalue weighted by Gasteiger charge is -2.29. The number of aliphatic hydroxyl groups is 1. The van der Waals surface area contributed by atoms with Crippen molar-refractivity contribution in [3.8, 4) is 22.6 Å². The number of halogens is 2. The Morgan fingerprint density at radius 3 is 2.24 bits per heavy atom. The van der Waals surface area contributed by atoms with Crippen LogP contribution in [0.25, 0.3) is 11.1 Å². The predicted octanol–water partition coefficient (Wildman–Crippen LogP) is 3.90. The smallest absolute Gasteiger partial charge is 0.292 e. The maximum Gasteiger partial charge on any atom is 0.292 e. The molecule has 1 amide bonds. The van der Waals surface area contributed by atoms with Crippen LogP contribution in [0.5, 0.6) is 11.5 Å². The maximum atomic E-state index is 14.7. The van der Waals surface area contributed by atoms with E-state index in [0.29, 0.717) is 6.54 Å². The second-order valence-corrected chi connectivity index (χ2v) is 9.47. The Hall–Kier alpha value is -3.82. The van der Waals surface area contributed by atoms with Crippen molar-refractivity contribution in [3.05, 3.63) is 83.4 Å². The van der Waals surface area contributed by atoms with Crippen LogP contribution in [-0.2, 0) is 4.79 Å². The van der Waals surface area contributed by atoms with Gasteiger partial charge < -0.3 is 24.8 Å². The van der Waals surface area contributed by atoms with E-state index in [0.717, 1.165) is 43.1 Å². The molecule has 0 radical (unpaired) electrons. The average Bonchev–Trinajstić information content (AvgIpc) is 3.45. The van der Waals surface area contributed by atoms with Gasteiger partial charge in [0, 0.05) is 12.1 Å². The predicted molar refractivity (Wildman–Crippen MR) is 136 cm³/mol. The summed E-state index contributed by atoms with van der Waals surface area (Å²) in [5.41, 5.74) is 1.93. The van der Waals surface area contributed by atoms with Crippen LogP contribution >= 0.6 is 0 Å². The second-order valence-electron chi connectivity index (χ2n) is 9.47. The Morgan fingerprint density at radius 1 is 0.921 bits per heavy atom. The summed E-state index contributed by atoms with van der Waals surface area (Å²) in [6.07, 6.45) is 0.697. The number of nitrogens with zero attached hydrogens (tertiary/aromatic N) is 1. The lowest BCUT2D eigenvalue weighted by Crippen LogP contribution is -2.48. The fourth-order valence-electron chi connectivity index (χ4n) is 4.82. The topological polar surface area (TPSA) is 88.1 Å². The molecular weight excluding hydrogens is 494 g/mol. The summed E-state index contributed by atoms with van der Waals surface area (Å²) in [6, 6.07) is 14.2. The molecule has 0 aromatic heterocycles. The first-order valence-corrected chi connectivity index (χ1v) is 12.6. The molecule has 9 heteroatoms. The Labute approximate surface area is 219 Å². The van der Waals surface area contributed by atoms with E-state index in [2.05, 4.69) is 10.2 Å². The zero-order chi connectivity index (χ0) is 26.6. The largest absolute Gasteiger partial charge is 0.486 e. The van der Waals surface area contributed by atoms with Gasteiger partial charge in [-0.2, -0.15) is 0 Å². The number of amides is 1. The highest BCUT2D eigenvalue weighted by atomic mass is 19.1. The zero-order valence-electron chi connectivity index (χ0n) is 20.7. The van der Waals surface area contributed by atoms with Crippen LogP contribution in [0.1, 0.15) is 34.9 Å². The highest BCUT2D eigenvalue weighted by Crippen LogP contribution is 2.36. The molecule has 2 atom stereocenters. The van der Waals surface area contributed by atoms with Gasteiger partial charge in [-0.3, -0.25) is 9.59 Å². The molecule has 0 bridgehead atoms. The normalized spacial score (nSPS) is 16.6. The summed E-state index contributed by atoms with van der Waals surface area (Å²) in [7, 11) is 0. The molecule has 5 rings (SSSR count). The Balaban J connectivity index is 1.33. The lowest BCUT2D eigenvalue weighted by atomic mass is 9.99. The molecule has 2 heterocycles. The number of hydrogen-bond donors (Lipinski definition) is 2. The summed E-state index contributed by atoms with van der Waals surface area (Å²) < 4.78 is 38.7. The molecule has 2 aliphatic rings. The summed E-state index contributed by atoms with van der Waals surface area (Å²) in [4.78, 5) is 28.1. The van der Waals surface area contributed by atoms with Gasteiger partial charge in [-0.05, 0) is 66.9 Å². The summed E-state index contributed by atoms with van der Waals surface area (Å²) in [5.74, 6) is -2.47. The molecule has 1 fully saturated rings. The summed E-state index contributed by atoms with van der Waals surface area (Å²) in [5, 5.41) is 13.9. The number of carbonyl (C=O) groups excluding carboxylic acids is 2. The molecule has 38 heavy (non-hydrogen) atoms. The minimum atomic E-state index is -1.29. The van der Waals surface area contributed by atoms with Gasteiger partial charge in [-0.15, -0.1) is 0 Å². The SMILES string of the molecule is O=C(NC(CN1CCCC1)C(O)c1cc(F)c2c(c1)OCCO2)C(=O)c1ccc(-c2ccc(F)cc2)cc1. The number of likely N-dealkylation sites (tertiary alicyclic amines) is 1. The molecule has 2 unspecified atom stereocenters. The first-order chi connectivity index (χ1) is 18.4. The number of ether oxygens (including phenoxy) is 2. The minimum Gasteiger partial charge on any atom is -0.486 e. The van der Waals surface area contributed by atoms with E-state index in [1.165, 1.54) is 30.3 Å². The van der Waals surface area contributed by atoms with E-state index in [-0.39, 0.29) is 41.7 Å². The number of aliphatic hydroxyl groups excluding tert-OH is 1. The first kappa shape index (κ1) is 25.8. The van der Waals surface area contributed by atoms with Crippen LogP contribution in [0.15, 0.2) is 60.7 Å². The number of Topliss-reactive ketones (excluding diaryl/α,β-unsaturated/α-hetero) is 1. The third-order valence-corrected chi connectivity index (χ3v) is 6.84. The summed E-state index contributed by atoms with van der Waals surface area (Å²) in [6.45, 7) is 2.38. The first-order valence-electron chi connectivity index (χ1n) is 12.6. The van der Waals surface area contributed by atoms with Gasteiger partial charge in [-0.25, -0.2) is 8.78 Å². The Bertz CT molecular complexity index is 1310. The van der Waals surface area contributed by atoms with Crippen LogP contribution in [0.3, 0.4) is 0 Å². The van der Waals surface area contributed by atoms with Crippen LogP contribution in [-0.4, -0.2) is 60.6 Å². The number of nitrogens with one attached hydrogen (secondary N) is 1. The summed E-state index contributed by atoms with van der Waals surface area (Å²) >= 11 is 0. The number of benzene rings is 3. The molecule has 3 aromatic rings. The van der Waals surface area contributed by atoms with E-state index in [4.69, 9.17) is 9.47 Å². The standard InChI is InChI=1S/C29H28F2N2O5/c30-22-9-7-19(8-10-22)18-3-5-20(6-4-18)27(35)29(36)32-24(17-33-11-1-2-12-33)26(34)21-15-23(31)28-25(16-21)37-13-14-38-28/h3-10,15-16,24,26,34H,1-2,11-14,17H2,(H,32,36). The molecule has 2 N–H and O–H groups in total. The van der Waals surface area contributed by atoms with E-state index in [1.54, 1.807) is 24.3 Å². The van der Waals surface area contributed by atoms with E-state index in [9.17, 15) is 23.5 Å². The fourth-order valence-corrected chi connectivity index (χ4v) is 4.82. The molecule has 0 aliphatic carbocycles. The molecule has 0 saturated carbocycles. The quantitative estimate of drug-likeness (QED) is 0.345. The third kappa shape index (κ3) is 5.69. The molecule has 1 saturated heterocycles. The van der Waals surface area contributed by atoms with Crippen molar-refractivity contribution in [1.82, 2.24) is 10.2 Å². The molecule has 7 nitrogen and oxygen atoms in total. The van der Waals surface area contributed by atoms with Crippen molar-refractivity contribution in [3.63, 3.8) is 0 Å². The zero-order valence-corrected chi connectivity index (χ0v) is 20.7. The van der Waals surface area contributed by atoms with Crippen molar-refractivity contribution in [2.24, 2.45) is 0 Å². The molecule has 2 aliphatic heterocycles. The minimum absolute atomic E-state index is 0.00779. The van der Waals surface area contributed by atoms with Crippen LogP contribution in [0, 0.1) is 11.6 Å². The maximum absolute atomic E-state index is 14.7. The van der Waals surface area contributed by atoms with Gasteiger partial charge in [0.2, 0.25) is 5.78 Å². The van der Waals surface area contributed by atoms with Gasteiger partial charge >= 0.3 is 0 Å². The Kier molecular flexibility index (Phi) is 7.67. The van der Waals surface area contributed by atoms with Crippen molar-refractivity contribution in [2.75, 3.05) is 32.8 Å². The van der Waals surface area contributed by atoms with E-state index in [1.807, 2.05) is 0 Å². The number of rotatable bonds is 8. The number of fused-ring (bicyclic) bond motifs is 1. The van der Waals surface area contributed by atoms with Crippen LogP contribution < -0.4 is 14.8 Å². The van der Waals surface area contributed by atoms with Crippen LogP contribution in [0.4, 0.5) is 8.78 Å². The molecule has 198 valence electrons. The van der Waals surface area contributed by atoms with Crippen molar-refractivity contribution >= 4 is 11.7 Å². The second kappa shape index (κ2) is 11.3. The third-order valence-electron chi connectivity index (χ3n) is 6.84. The number of ketones is 1. The van der Waals surface area contributed by atoms with E-state index < -0.39 is 29.7 Å². The van der Waals surface area contributed by atoms with Gasteiger partial charge in [0.15, 0.2) is 17.3 Å². The van der Waals surface area contributed by atoms with Crippen molar-refractivity contribution in [2.45, 2.75) is 25.0 Å². The fraction of sp³-hybridized carbons (Fsp3) is 0.310. The van der Waals surface area contributed by atoms with Gasteiger partial charge in [-0.1, -0.05) is 36.4 Å². The monoisotopic (exact) mass is 522 g/mol.